The van der Waals surface area contributed by atoms with E-state index in [0.29, 0.717) is 0 Å². The van der Waals surface area contributed by atoms with Crippen LogP contribution in [0, 0.1) is 5.92 Å². The summed E-state index contributed by atoms with van der Waals surface area (Å²) < 4.78 is 0.277. The fraction of sp³-hybridized carbons (Fsp3) is 0.923. The first-order valence-corrected chi connectivity index (χ1v) is 7.74. The van der Waals surface area contributed by atoms with Crippen LogP contribution in [0.3, 0.4) is 0 Å². The van der Waals surface area contributed by atoms with Crippen molar-refractivity contribution < 1.29 is 4.79 Å². The minimum atomic E-state index is 0.144. The summed E-state index contributed by atoms with van der Waals surface area (Å²) in [5.41, 5.74) is 0. The van der Waals surface area contributed by atoms with Gasteiger partial charge in [-0.05, 0) is 44.3 Å². The van der Waals surface area contributed by atoms with Gasteiger partial charge < -0.3 is 10.2 Å². The second kappa shape index (κ2) is 5.51. The summed E-state index contributed by atoms with van der Waals surface area (Å²) >= 11 is 2.00. The van der Waals surface area contributed by atoms with Crippen molar-refractivity contribution in [1.82, 2.24) is 10.2 Å². The molecule has 2 saturated heterocycles. The molecule has 2 fully saturated rings. The minimum Gasteiger partial charge on any atom is -0.337 e. The van der Waals surface area contributed by atoms with Gasteiger partial charge in [0.05, 0.1) is 0 Å². The molecule has 0 aromatic heterocycles. The van der Waals surface area contributed by atoms with Crippen LogP contribution >= 0.6 is 11.8 Å². The van der Waals surface area contributed by atoms with Gasteiger partial charge in [0.15, 0.2) is 0 Å². The summed E-state index contributed by atoms with van der Waals surface area (Å²) in [5.74, 6) is 2.02. The van der Waals surface area contributed by atoms with Crippen LogP contribution in [0.5, 0.6) is 0 Å². The first kappa shape index (κ1) is 13.1. The third kappa shape index (κ3) is 3.54. The van der Waals surface area contributed by atoms with E-state index in [-0.39, 0.29) is 10.8 Å². The largest absolute Gasteiger partial charge is 0.337 e. The van der Waals surface area contributed by atoms with Crippen LogP contribution in [-0.2, 0) is 0 Å². The van der Waals surface area contributed by atoms with E-state index in [2.05, 4.69) is 19.2 Å². The van der Waals surface area contributed by atoms with Crippen molar-refractivity contribution in [2.24, 2.45) is 5.92 Å². The molecule has 0 aromatic carbocycles. The lowest BCUT2D eigenvalue weighted by Crippen LogP contribution is -2.47. The monoisotopic (exact) mass is 256 g/mol. The van der Waals surface area contributed by atoms with E-state index in [1.54, 1.807) is 0 Å². The highest BCUT2D eigenvalue weighted by Gasteiger charge is 2.30. The normalized spacial score (nSPS) is 30.6. The maximum atomic E-state index is 12.0. The number of amides is 2. The Labute approximate surface area is 109 Å². The summed E-state index contributed by atoms with van der Waals surface area (Å²) in [6, 6.07) is 0.144. The molecule has 1 N–H and O–H groups in total. The molecule has 3 nitrogen and oxygen atoms in total. The second-order valence-electron chi connectivity index (χ2n) is 5.73. The average Bonchev–Trinajstić information content (AvgIpc) is 2.75. The van der Waals surface area contributed by atoms with Crippen molar-refractivity contribution in [1.29, 1.82) is 0 Å². The molecule has 0 bridgehead atoms. The number of urea groups is 1. The molecule has 17 heavy (non-hydrogen) atoms. The highest BCUT2D eigenvalue weighted by molar-refractivity contribution is 8.00. The predicted molar refractivity (Wildman–Crippen MR) is 73.5 cm³/mol. The first-order valence-electron chi connectivity index (χ1n) is 6.76. The lowest BCUT2D eigenvalue weighted by molar-refractivity contribution is 0.173. The summed E-state index contributed by atoms with van der Waals surface area (Å²) in [6.07, 6.45) is 4.83. The van der Waals surface area contributed by atoms with Gasteiger partial charge in [-0.15, -0.1) is 0 Å². The Balaban J connectivity index is 1.73. The van der Waals surface area contributed by atoms with Gasteiger partial charge in [0.1, 0.15) is 0 Å². The third-order valence-corrected chi connectivity index (χ3v) is 5.52. The molecule has 2 rings (SSSR count). The van der Waals surface area contributed by atoms with Crippen LogP contribution in [0.15, 0.2) is 0 Å². The zero-order valence-electron chi connectivity index (χ0n) is 11.0. The van der Waals surface area contributed by atoms with Crippen LogP contribution in [0.4, 0.5) is 4.79 Å². The molecule has 0 spiro atoms. The molecule has 2 heterocycles. The van der Waals surface area contributed by atoms with Gasteiger partial charge in [0.2, 0.25) is 0 Å². The van der Waals surface area contributed by atoms with E-state index in [4.69, 9.17) is 0 Å². The Morgan fingerprint density at radius 2 is 2.18 bits per heavy atom. The molecule has 0 radical (unpaired) electrons. The Bertz CT molecular complexity index is 269. The number of nitrogens with zero attached hydrogens (tertiary/aromatic N) is 1. The van der Waals surface area contributed by atoms with Gasteiger partial charge in [-0.25, -0.2) is 4.79 Å². The van der Waals surface area contributed by atoms with Crippen LogP contribution in [0.2, 0.25) is 0 Å². The standard InChI is InChI=1S/C13H24N2OS/c1-11-4-7-15(8-5-11)12(16)14-10-13(2)6-3-9-17-13/h11H,3-10H2,1-2H3,(H,14,16). The predicted octanol–water partition coefficient (Wildman–Crippen LogP) is 2.71. The van der Waals surface area contributed by atoms with Gasteiger partial charge in [-0.2, -0.15) is 11.8 Å². The van der Waals surface area contributed by atoms with Crippen molar-refractivity contribution >= 4 is 17.8 Å². The van der Waals surface area contributed by atoms with Crippen LogP contribution in [0.1, 0.15) is 39.5 Å². The summed E-state index contributed by atoms with van der Waals surface area (Å²) in [5, 5.41) is 3.12. The van der Waals surface area contributed by atoms with Crippen molar-refractivity contribution in [3.63, 3.8) is 0 Å². The lowest BCUT2D eigenvalue weighted by atomic mass is 9.99. The number of rotatable bonds is 2. The maximum Gasteiger partial charge on any atom is 0.317 e. The molecular weight excluding hydrogens is 232 g/mol. The molecule has 2 amide bonds. The number of nitrogens with one attached hydrogen (secondary N) is 1. The molecule has 1 unspecified atom stereocenters. The Hall–Kier alpha value is -0.380. The van der Waals surface area contributed by atoms with Gasteiger partial charge in [0.25, 0.3) is 0 Å². The van der Waals surface area contributed by atoms with E-state index in [1.165, 1.54) is 18.6 Å². The van der Waals surface area contributed by atoms with Crippen LogP contribution < -0.4 is 5.32 Å². The molecule has 98 valence electrons. The van der Waals surface area contributed by atoms with Crippen LogP contribution in [0.25, 0.3) is 0 Å². The van der Waals surface area contributed by atoms with Gasteiger partial charge in [0, 0.05) is 24.4 Å². The zero-order chi connectivity index (χ0) is 12.3. The van der Waals surface area contributed by atoms with Crippen molar-refractivity contribution in [3.05, 3.63) is 0 Å². The van der Waals surface area contributed by atoms with Crippen molar-refractivity contribution in [2.45, 2.75) is 44.3 Å². The zero-order valence-corrected chi connectivity index (χ0v) is 11.8. The van der Waals surface area contributed by atoms with Crippen LogP contribution in [-0.4, -0.2) is 41.1 Å². The van der Waals surface area contributed by atoms with Crippen molar-refractivity contribution in [3.8, 4) is 0 Å². The summed E-state index contributed by atoms with van der Waals surface area (Å²) in [4.78, 5) is 14.0. The molecule has 2 aliphatic heterocycles. The van der Waals surface area contributed by atoms with Gasteiger partial charge >= 0.3 is 6.03 Å². The molecule has 2 aliphatic rings. The van der Waals surface area contributed by atoms with E-state index in [0.717, 1.165) is 38.4 Å². The number of hydrogen-bond donors (Lipinski definition) is 1. The van der Waals surface area contributed by atoms with Gasteiger partial charge in [-0.3, -0.25) is 0 Å². The number of carbonyl (C=O) groups excluding carboxylic acids is 1. The number of hydrogen-bond acceptors (Lipinski definition) is 2. The van der Waals surface area contributed by atoms with E-state index < -0.39 is 0 Å². The quantitative estimate of drug-likeness (QED) is 0.824. The topological polar surface area (TPSA) is 32.3 Å². The highest BCUT2D eigenvalue weighted by atomic mass is 32.2. The fourth-order valence-electron chi connectivity index (χ4n) is 2.56. The molecular formula is C13H24N2OS. The third-order valence-electron chi connectivity index (χ3n) is 3.98. The highest BCUT2D eigenvalue weighted by Crippen LogP contribution is 2.36. The fourth-order valence-corrected chi connectivity index (χ4v) is 3.81. The number of piperidine rings is 1. The maximum absolute atomic E-state index is 12.0. The summed E-state index contributed by atoms with van der Waals surface area (Å²) in [6.45, 7) is 7.21. The smallest absolute Gasteiger partial charge is 0.317 e. The van der Waals surface area contributed by atoms with E-state index in [9.17, 15) is 4.79 Å². The van der Waals surface area contributed by atoms with Crippen molar-refractivity contribution in [2.75, 3.05) is 25.4 Å². The van der Waals surface area contributed by atoms with E-state index >= 15 is 0 Å². The second-order valence-corrected chi connectivity index (χ2v) is 7.41. The first-order chi connectivity index (χ1) is 8.09. The molecule has 1 atom stereocenters. The molecule has 0 aromatic rings. The lowest BCUT2D eigenvalue weighted by Gasteiger charge is -2.32. The number of carbonyl (C=O) groups is 1. The van der Waals surface area contributed by atoms with E-state index in [1.807, 2.05) is 16.7 Å². The molecule has 0 saturated carbocycles. The summed E-state index contributed by atoms with van der Waals surface area (Å²) in [7, 11) is 0. The van der Waals surface area contributed by atoms with Gasteiger partial charge in [-0.1, -0.05) is 6.92 Å². The number of thioether (sulfide) groups is 1. The average molecular weight is 256 g/mol. The minimum absolute atomic E-state index is 0.144. The Kier molecular flexibility index (Phi) is 4.23. The molecule has 0 aliphatic carbocycles. The molecule has 4 heteroatoms. The number of likely N-dealkylation sites (tertiary alicyclic amines) is 1. The Morgan fingerprint density at radius 3 is 2.76 bits per heavy atom. The SMILES string of the molecule is CC1CCN(C(=O)NCC2(C)CCCS2)CC1. The Morgan fingerprint density at radius 1 is 1.47 bits per heavy atom.